The molecular formula is C11H16N6O. The van der Waals surface area contributed by atoms with Gasteiger partial charge in [0.1, 0.15) is 0 Å². The highest BCUT2D eigenvalue weighted by Gasteiger charge is 2.25. The minimum Gasteiger partial charge on any atom is -0.332 e. The van der Waals surface area contributed by atoms with Gasteiger partial charge in [0.15, 0.2) is 11.5 Å². The third kappa shape index (κ3) is 2.02. The minimum atomic E-state index is 0.163. The first kappa shape index (κ1) is 11.4. The van der Waals surface area contributed by atoms with Crippen molar-refractivity contribution in [3.05, 3.63) is 17.6 Å². The van der Waals surface area contributed by atoms with E-state index < -0.39 is 0 Å². The highest BCUT2D eigenvalue weighted by Crippen LogP contribution is 2.21. The van der Waals surface area contributed by atoms with Gasteiger partial charge in [0.2, 0.25) is 0 Å². The van der Waals surface area contributed by atoms with Gasteiger partial charge >= 0.3 is 0 Å². The summed E-state index contributed by atoms with van der Waals surface area (Å²) in [7, 11) is 2.07. The number of piperazine rings is 1. The van der Waals surface area contributed by atoms with E-state index in [9.17, 15) is 0 Å². The van der Waals surface area contributed by atoms with Gasteiger partial charge in [-0.1, -0.05) is 5.16 Å². The lowest BCUT2D eigenvalue weighted by Gasteiger charge is -2.30. The molecule has 1 saturated heterocycles. The molecule has 0 saturated carbocycles. The number of aromatic amines is 1. The second-order valence-electron chi connectivity index (χ2n) is 4.59. The molecule has 2 N–H and O–H groups in total. The molecule has 0 amide bonds. The molecule has 0 spiro atoms. The van der Waals surface area contributed by atoms with Gasteiger partial charge in [-0.3, -0.25) is 10.00 Å². The SMILES string of the molecule is Cc1cc(-c2nc(C3CNCCN3C)no2)n[nH]1. The monoisotopic (exact) mass is 248 g/mol. The Labute approximate surface area is 105 Å². The molecule has 96 valence electrons. The van der Waals surface area contributed by atoms with Crippen molar-refractivity contribution < 1.29 is 4.52 Å². The van der Waals surface area contributed by atoms with Crippen LogP contribution in [0.15, 0.2) is 10.6 Å². The Morgan fingerprint density at radius 1 is 1.50 bits per heavy atom. The van der Waals surface area contributed by atoms with Crippen molar-refractivity contribution in [2.24, 2.45) is 0 Å². The van der Waals surface area contributed by atoms with Crippen LogP contribution in [0.4, 0.5) is 0 Å². The number of rotatable bonds is 2. The molecule has 1 fully saturated rings. The Bertz CT molecular complexity index is 533. The van der Waals surface area contributed by atoms with Crippen LogP contribution in [-0.2, 0) is 0 Å². The molecule has 0 aliphatic carbocycles. The average molecular weight is 248 g/mol. The Morgan fingerprint density at radius 2 is 2.39 bits per heavy atom. The van der Waals surface area contributed by atoms with Gasteiger partial charge in [-0.15, -0.1) is 0 Å². The predicted molar refractivity (Wildman–Crippen MR) is 64.9 cm³/mol. The highest BCUT2D eigenvalue weighted by molar-refractivity contribution is 5.46. The third-order valence-corrected chi connectivity index (χ3v) is 3.18. The highest BCUT2D eigenvalue weighted by atomic mass is 16.5. The summed E-state index contributed by atoms with van der Waals surface area (Å²) in [4.78, 5) is 6.65. The van der Waals surface area contributed by atoms with Crippen LogP contribution in [0.1, 0.15) is 17.6 Å². The Kier molecular flexibility index (Phi) is 2.85. The Balaban J connectivity index is 1.84. The lowest BCUT2D eigenvalue weighted by molar-refractivity contribution is 0.190. The van der Waals surface area contributed by atoms with Crippen molar-refractivity contribution in [2.75, 3.05) is 26.7 Å². The van der Waals surface area contributed by atoms with E-state index in [1.807, 2.05) is 13.0 Å². The molecule has 18 heavy (non-hydrogen) atoms. The molecule has 3 heterocycles. The van der Waals surface area contributed by atoms with Crippen LogP contribution in [0.3, 0.4) is 0 Å². The zero-order valence-corrected chi connectivity index (χ0v) is 10.5. The van der Waals surface area contributed by atoms with Crippen LogP contribution in [0.25, 0.3) is 11.6 Å². The molecule has 1 atom stereocenters. The lowest BCUT2D eigenvalue weighted by Crippen LogP contribution is -2.44. The minimum absolute atomic E-state index is 0.163. The lowest BCUT2D eigenvalue weighted by atomic mass is 10.2. The molecule has 2 aromatic heterocycles. The van der Waals surface area contributed by atoms with E-state index in [1.165, 1.54) is 0 Å². The van der Waals surface area contributed by atoms with E-state index >= 15 is 0 Å². The number of hydrogen-bond donors (Lipinski definition) is 2. The van der Waals surface area contributed by atoms with Crippen LogP contribution in [0.5, 0.6) is 0 Å². The molecule has 1 aliphatic rings. The van der Waals surface area contributed by atoms with Crippen LogP contribution in [0, 0.1) is 6.92 Å². The van der Waals surface area contributed by atoms with E-state index in [4.69, 9.17) is 4.52 Å². The zero-order valence-electron chi connectivity index (χ0n) is 10.5. The van der Waals surface area contributed by atoms with Gasteiger partial charge in [0.05, 0.1) is 6.04 Å². The topological polar surface area (TPSA) is 82.9 Å². The molecule has 0 aromatic carbocycles. The molecule has 0 bridgehead atoms. The second kappa shape index (κ2) is 4.51. The fraction of sp³-hybridized carbons (Fsp3) is 0.545. The van der Waals surface area contributed by atoms with Gasteiger partial charge in [0, 0.05) is 25.3 Å². The standard InChI is InChI=1S/C11H16N6O/c1-7-5-8(15-14-7)11-13-10(16-18-11)9-6-12-3-4-17(9)2/h5,9,12H,3-4,6H2,1-2H3,(H,14,15). The molecule has 7 heteroatoms. The second-order valence-corrected chi connectivity index (χ2v) is 4.59. The van der Waals surface area contributed by atoms with Crippen LogP contribution in [-0.4, -0.2) is 51.9 Å². The van der Waals surface area contributed by atoms with Crippen molar-refractivity contribution in [1.82, 2.24) is 30.6 Å². The summed E-state index contributed by atoms with van der Waals surface area (Å²) in [5.74, 6) is 1.17. The van der Waals surface area contributed by atoms with Crippen molar-refractivity contribution >= 4 is 0 Å². The summed E-state index contributed by atoms with van der Waals surface area (Å²) in [6.07, 6.45) is 0. The molecule has 7 nitrogen and oxygen atoms in total. The summed E-state index contributed by atoms with van der Waals surface area (Å²) in [6, 6.07) is 2.05. The first-order chi connectivity index (χ1) is 8.74. The number of H-pyrrole nitrogens is 1. The predicted octanol–water partition coefficient (Wildman–Crippen LogP) is 0.344. The Hall–Kier alpha value is -1.73. The number of hydrogen-bond acceptors (Lipinski definition) is 6. The number of aryl methyl sites for hydroxylation is 1. The van der Waals surface area contributed by atoms with Crippen LogP contribution < -0.4 is 5.32 Å². The molecule has 1 unspecified atom stereocenters. The molecule has 0 radical (unpaired) electrons. The van der Waals surface area contributed by atoms with Crippen molar-refractivity contribution in [3.63, 3.8) is 0 Å². The zero-order chi connectivity index (χ0) is 12.5. The van der Waals surface area contributed by atoms with E-state index in [1.54, 1.807) is 0 Å². The summed E-state index contributed by atoms with van der Waals surface area (Å²) in [5, 5.41) is 14.4. The van der Waals surface area contributed by atoms with E-state index in [0.29, 0.717) is 17.4 Å². The molecule has 2 aromatic rings. The number of likely N-dealkylation sites (N-methyl/N-ethyl adjacent to an activating group) is 1. The number of aromatic nitrogens is 4. The first-order valence-corrected chi connectivity index (χ1v) is 6.01. The molecule has 1 aliphatic heterocycles. The van der Waals surface area contributed by atoms with Gasteiger partial charge in [0.25, 0.3) is 5.89 Å². The van der Waals surface area contributed by atoms with E-state index in [2.05, 4.69) is 37.6 Å². The van der Waals surface area contributed by atoms with E-state index in [-0.39, 0.29) is 6.04 Å². The van der Waals surface area contributed by atoms with Crippen molar-refractivity contribution in [2.45, 2.75) is 13.0 Å². The maximum atomic E-state index is 5.27. The first-order valence-electron chi connectivity index (χ1n) is 6.01. The molecular weight excluding hydrogens is 232 g/mol. The van der Waals surface area contributed by atoms with Gasteiger partial charge < -0.3 is 9.84 Å². The van der Waals surface area contributed by atoms with Crippen LogP contribution in [0.2, 0.25) is 0 Å². The normalized spacial score (nSPS) is 21.3. The summed E-state index contributed by atoms with van der Waals surface area (Å²) >= 11 is 0. The van der Waals surface area contributed by atoms with Gasteiger partial charge in [-0.25, -0.2) is 0 Å². The Morgan fingerprint density at radius 3 is 3.11 bits per heavy atom. The van der Waals surface area contributed by atoms with Crippen molar-refractivity contribution in [1.29, 1.82) is 0 Å². The summed E-state index contributed by atoms with van der Waals surface area (Å²) < 4.78 is 5.27. The van der Waals surface area contributed by atoms with Gasteiger partial charge in [-0.2, -0.15) is 10.1 Å². The maximum Gasteiger partial charge on any atom is 0.278 e. The fourth-order valence-electron chi connectivity index (χ4n) is 2.10. The smallest absolute Gasteiger partial charge is 0.278 e. The summed E-state index contributed by atoms with van der Waals surface area (Å²) in [5.41, 5.74) is 1.67. The number of nitrogens with zero attached hydrogens (tertiary/aromatic N) is 4. The van der Waals surface area contributed by atoms with Gasteiger partial charge in [-0.05, 0) is 20.0 Å². The van der Waals surface area contributed by atoms with E-state index in [0.717, 1.165) is 25.3 Å². The fourth-order valence-corrected chi connectivity index (χ4v) is 2.10. The largest absolute Gasteiger partial charge is 0.332 e. The van der Waals surface area contributed by atoms with Crippen molar-refractivity contribution in [3.8, 4) is 11.6 Å². The van der Waals surface area contributed by atoms with Crippen LogP contribution >= 0.6 is 0 Å². The average Bonchev–Trinajstić information content (AvgIpc) is 2.98. The number of nitrogens with one attached hydrogen (secondary N) is 2. The molecule has 3 rings (SSSR count). The maximum absolute atomic E-state index is 5.27. The third-order valence-electron chi connectivity index (χ3n) is 3.18. The summed E-state index contributed by atoms with van der Waals surface area (Å²) in [6.45, 7) is 4.76. The quantitative estimate of drug-likeness (QED) is 0.797.